The molecule has 0 aromatic heterocycles. The Bertz CT molecular complexity index is 167. The van der Waals surface area contributed by atoms with E-state index in [4.69, 9.17) is 0 Å². The molecule has 74 valence electrons. The van der Waals surface area contributed by atoms with Gasteiger partial charge in [-0.25, -0.2) is 8.42 Å². The van der Waals surface area contributed by atoms with Gasteiger partial charge in [0.2, 0.25) is 0 Å². The molecule has 0 spiro atoms. The van der Waals surface area contributed by atoms with E-state index in [1.165, 1.54) is 0 Å². The molecule has 0 rings (SSSR count). The van der Waals surface area contributed by atoms with Gasteiger partial charge in [-0.1, -0.05) is 33.1 Å². The van der Waals surface area contributed by atoms with Crippen LogP contribution in [0.3, 0.4) is 0 Å². The lowest BCUT2D eigenvalue weighted by molar-refractivity contribution is 0.436. The average molecular weight is 192 g/mol. The molecule has 3 heteroatoms. The van der Waals surface area contributed by atoms with Crippen molar-refractivity contribution in [1.82, 2.24) is 0 Å². The summed E-state index contributed by atoms with van der Waals surface area (Å²) in [6, 6.07) is 0. The Morgan fingerprint density at radius 2 is 1.83 bits per heavy atom. The molecule has 0 saturated carbocycles. The molecule has 0 aliphatic heterocycles. The fourth-order valence-corrected chi connectivity index (χ4v) is 2.13. The third kappa shape index (κ3) is 4.10. The molecule has 2 unspecified atom stereocenters. The largest absolute Gasteiger partial charge is 0.232 e. The Morgan fingerprint density at radius 3 is 2.17 bits per heavy atom. The summed E-state index contributed by atoms with van der Waals surface area (Å²) >= 11 is 0. The van der Waals surface area contributed by atoms with Crippen molar-refractivity contribution in [2.75, 3.05) is 0 Å². The van der Waals surface area contributed by atoms with E-state index in [-0.39, 0.29) is 5.25 Å². The van der Waals surface area contributed by atoms with Crippen molar-refractivity contribution >= 4 is 10.7 Å². The minimum absolute atomic E-state index is 0.142. The highest BCUT2D eigenvalue weighted by Crippen LogP contribution is 2.18. The lowest BCUT2D eigenvalue weighted by atomic mass is 9.96. The van der Waals surface area contributed by atoms with Crippen LogP contribution in [-0.4, -0.2) is 13.7 Å². The third-order valence-corrected chi connectivity index (χ3v) is 3.55. The summed E-state index contributed by atoms with van der Waals surface area (Å²) in [5, 5.41) is -0.142. The van der Waals surface area contributed by atoms with Crippen LogP contribution in [0, 0.1) is 5.92 Å². The van der Waals surface area contributed by atoms with Gasteiger partial charge in [-0.05, 0) is 19.3 Å². The first-order chi connectivity index (χ1) is 5.63. The highest BCUT2D eigenvalue weighted by molar-refractivity contribution is 7.73. The van der Waals surface area contributed by atoms with Gasteiger partial charge in [0.05, 0.1) is 5.25 Å². The molecule has 0 aliphatic rings. The fourth-order valence-electron chi connectivity index (χ4n) is 1.42. The van der Waals surface area contributed by atoms with Gasteiger partial charge in [0.25, 0.3) is 0 Å². The van der Waals surface area contributed by atoms with Crippen LogP contribution in [0.15, 0.2) is 0 Å². The van der Waals surface area contributed by atoms with Crippen LogP contribution >= 0.6 is 0 Å². The molecule has 0 aromatic carbocycles. The van der Waals surface area contributed by atoms with Gasteiger partial charge < -0.3 is 0 Å². The van der Waals surface area contributed by atoms with Crippen molar-refractivity contribution in [3.05, 3.63) is 0 Å². The Labute approximate surface area is 77.3 Å². The molecule has 0 saturated heterocycles. The van der Waals surface area contributed by atoms with Gasteiger partial charge in [0, 0.05) is 0 Å². The molecule has 12 heavy (non-hydrogen) atoms. The molecule has 2 nitrogen and oxygen atoms in total. The summed E-state index contributed by atoms with van der Waals surface area (Å²) in [4.78, 5) is 0. The van der Waals surface area contributed by atoms with E-state index >= 15 is 0 Å². The van der Waals surface area contributed by atoms with Crippen LogP contribution in [0.25, 0.3) is 0 Å². The van der Waals surface area contributed by atoms with E-state index in [1.807, 2.05) is 6.92 Å². The zero-order valence-electron chi connectivity index (χ0n) is 8.25. The minimum atomic E-state index is -2.22. The molecule has 0 amide bonds. The molecule has 0 bridgehead atoms. The SMILES string of the molecule is CCCCC(CC)C(C)[SH](=O)=O. The van der Waals surface area contributed by atoms with E-state index in [2.05, 4.69) is 13.8 Å². The molecular formula is C9H20O2S. The van der Waals surface area contributed by atoms with Gasteiger partial charge in [-0.2, -0.15) is 0 Å². The second kappa shape index (κ2) is 6.46. The van der Waals surface area contributed by atoms with Crippen LogP contribution < -0.4 is 0 Å². The van der Waals surface area contributed by atoms with Crippen molar-refractivity contribution in [3.63, 3.8) is 0 Å². The zero-order valence-corrected chi connectivity index (χ0v) is 9.14. The predicted molar refractivity (Wildman–Crippen MR) is 53.1 cm³/mol. The predicted octanol–water partition coefficient (Wildman–Crippen LogP) is 2.20. The summed E-state index contributed by atoms with van der Waals surface area (Å²) in [6.45, 7) is 6.01. The van der Waals surface area contributed by atoms with Gasteiger partial charge in [-0.3, -0.25) is 0 Å². The van der Waals surface area contributed by atoms with Crippen LogP contribution in [0.5, 0.6) is 0 Å². The number of hydrogen-bond acceptors (Lipinski definition) is 2. The molecule has 0 aliphatic carbocycles. The Balaban J connectivity index is 3.95. The Kier molecular flexibility index (Phi) is 6.44. The quantitative estimate of drug-likeness (QED) is 0.655. The number of thiol groups is 1. The normalized spacial score (nSPS) is 16.3. The van der Waals surface area contributed by atoms with Gasteiger partial charge in [0.1, 0.15) is 10.7 Å². The lowest BCUT2D eigenvalue weighted by Crippen LogP contribution is -2.17. The standard InChI is InChI=1S/C9H20O2S/c1-4-6-7-9(5-2)8(3)12(10)11/h8-9,12H,4-7H2,1-3H3. The van der Waals surface area contributed by atoms with Gasteiger partial charge in [0.15, 0.2) is 0 Å². The zero-order chi connectivity index (χ0) is 9.56. The maximum absolute atomic E-state index is 10.7. The highest BCUT2D eigenvalue weighted by Gasteiger charge is 2.16. The van der Waals surface area contributed by atoms with E-state index in [0.717, 1.165) is 25.7 Å². The van der Waals surface area contributed by atoms with Crippen molar-refractivity contribution in [2.45, 2.75) is 51.7 Å². The van der Waals surface area contributed by atoms with Gasteiger partial charge >= 0.3 is 0 Å². The second-order valence-electron chi connectivity index (χ2n) is 3.34. The van der Waals surface area contributed by atoms with E-state index in [1.54, 1.807) is 0 Å². The summed E-state index contributed by atoms with van der Waals surface area (Å²) in [7, 11) is -2.22. The van der Waals surface area contributed by atoms with E-state index < -0.39 is 10.7 Å². The first-order valence-electron chi connectivity index (χ1n) is 4.76. The fraction of sp³-hybridized carbons (Fsp3) is 1.00. The maximum atomic E-state index is 10.7. The molecule has 2 atom stereocenters. The molecular weight excluding hydrogens is 172 g/mol. The van der Waals surface area contributed by atoms with Crippen molar-refractivity contribution in [2.24, 2.45) is 5.92 Å². The van der Waals surface area contributed by atoms with Crippen LogP contribution in [0.1, 0.15) is 46.5 Å². The summed E-state index contributed by atoms with van der Waals surface area (Å²) in [5.41, 5.74) is 0. The molecule has 0 aromatic rings. The van der Waals surface area contributed by atoms with Crippen LogP contribution in [-0.2, 0) is 10.7 Å². The molecule has 0 heterocycles. The lowest BCUT2D eigenvalue weighted by Gasteiger charge is -2.16. The van der Waals surface area contributed by atoms with Crippen molar-refractivity contribution < 1.29 is 8.42 Å². The topological polar surface area (TPSA) is 34.1 Å². The van der Waals surface area contributed by atoms with Crippen LogP contribution in [0.4, 0.5) is 0 Å². The highest BCUT2D eigenvalue weighted by atomic mass is 32.2. The number of rotatable bonds is 6. The third-order valence-electron chi connectivity index (χ3n) is 2.47. The van der Waals surface area contributed by atoms with E-state index in [9.17, 15) is 8.42 Å². The Hall–Kier alpha value is -0.0500. The van der Waals surface area contributed by atoms with Gasteiger partial charge in [-0.15, -0.1) is 0 Å². The summed E-state index contributed by atoms with van der Waals surface area (Å²) in [6.07, 6.45) is 4.33. The molecule has 0 fully saturated rings. The first-order valence-corrected chi connectivity index (χ1v) is 6.01. The van der Waals surface area contributed by atoms with Crippen molar-refractivity contribution in [3.8, 4) is 0 Å². The average Bonchev–Trinajstić information content (AvgIpc) is 2.05. The van der Waals surface area contributed by atoms with Crippen LogP contribution in [0.2, 0.25) is 0 Å². The first kappa shape index (κ1) is 11.9. The summed E-state index contributed by atoms with van der Waals surface area (Å²) < 4.78 is 21.4. The second-order valence-corrected chi connectivity index (χ2v) is 4.72. The number of unbranched alkanes of at least 4 members (excludes halogenated alkanes) is 1. The van der Waals surface area contributed by atoms with E-state index in [0.29, 0.717) is 5.92 Å². The minimum Gasteiger partial charge on any atom is -0.232 e. The Morgan fingerprint density at radius 1 is 1.25 bits per heavy atom. The maximum Gasteiger partial charge on any atom is 0.143 e. The molecule has 0 radical (unpaired) electrons. The smallest absolute Gasteiger partial charge is 0.143 e. The molecule has 0 N–H and O–H groups in total. The monoisotopic (exact) mass is 192 g/mol. The summed E-state index contributed by atoms with van der Waals surface area (Å²) in [5.74, 6) is 0.367. The number of hydrogen-bond donors (Lipinski definition) is 1. The van der Waals surface area contributed by atoms with Crippen molar-refractivity contribution in [1.29, 1.82) is 0 Å².